The molecule has 0 spiro atoms. The second-order valence-electron chi connectivity index (χ2n) is 4.76. The van der Waals surface area contributed by atoms with Gasteiger partial charge in [-0.25, -0.2) is 0 Å². The van der Waals surface area contributed by atoms with E-state index in [1.165, 1.54) is 0 Å². The number of hydrogen-bond acceptors (Lipinski definition) is 4. The Kier molecular flexibility index (Phi) is 3.98. The maximum atomic E-state index is 12.0. The molecule has 0 aliphatic carbocycles. The summed E-state index contributed by atoms with van der Waals surface area (Å²) in [5, 5.41) is 7.13. The summed E-state index contributed by atoms with van der Waals surface area (Å²) in [5.74, 6) is -0.0817. The van der Waals surface area contributed by atoms with Gasteiger partial charge in [-0.05, 0) is 18.9 Å². The quantitative estimate of drug-likeness (QED) is 0.763. The van der Waals surface area contributed by atoms with E-state index >= 15 is 0 Å². The molecule has 6 heteroatoms. The van der Waals surface area contributed by atoms with E-state index in [-0.39, 0.29) is 5.91 Å². The number of hydrogen-bond donors (Lipinski definition) is 2. The van der Waals surface area contributed by atoms with Crippen LogP contribution in [0.2, 0.25) is 0 Å². The molecule has 1 amide bonds. The molecule has 6 nitrogen and oxygen atoms in total. The zero-order valence-electron chi connectivity index (χ0n) is 10.7. The maximum absolute atomic E-state index is 12.0. The minimum Gasteiger partial charge on any atom is -0.381 e. The van der Waals surface area contributed by atoms with Crippen LogP contribution in [0.25, 0.3) is 0 Å². The minimum absolute atomic E-state index is 0.0817. The molecule has 0 atom stereocenters. The number of aryl methyl sites for hydroxylation is 1. The first kappa shape index (κ1) is 13.0. The second kappa shape index (κ2) is 5.49. The van der Waals surface area contributed by atoms with Crippen molar-refractivity contribution in [3.63, 3.8) is 0 Å². The number of nitrogens with zero attached hydrogens (tertiary/aromatic N) is 2. The number of aromatic nitrogens is 2. The zero-order chi connectivity index (χ0) is 13.0. The molecule has 0 unspecified atom stereocenters. The van der Waals surface area contributed by atoms with Crippen LogP contribution < -0.4 is 11.1 Å². The molecule has 2 heterocycles. The van der Waals surface area contributed by atoms with Gasteiger partial charge in [0, 0.05) is 39.4 Å². The highest BCUT2D eigenvalue weighted by atomic mass is 16.5. The Morgan fingerprint density at radius 2 is 2.33 bits per heavy atom. The summed E-state index contributed by atoms with van der Waals surface area (Å²) in [4.78, 5) is 12.0. The van der Waals surface area contributed by atoms with Gasteiger partial charge in [-0.15, -0.1) is 0 Å². The lowest BCUT2D eigenvalue weighted by atomic mass is 9.90. The molecule has 1 aliphatic heterocycles. The summed E-state index contributed by atoms with van der Waals surface area (Å²) in [7, 11) is 1.87. The summed E-state index contributed by atoms with van der Waals surface area (Å²) in [6, 6.07) is 1.94. The lowest BCUT2D eigenvalue weighted by Crippen LogP contribution is -2.57. The van der Waals surface area contributed by atoms with Gasteiger partial charge >= 0.3 is 0 Å². The molecule has 18 heavy (non-hydrogen) atoms. The van der Waals surface area contributed by atoms with Crippen molar-refractivity contribution in [2.24, 2.45) is 12.8 Å². The number of nitrogens with two attached hydrogens (primary N) is 1. The summed E-state index contributed by atoms with van der Waals surface area (Å²) in [6.45, 7) is 1.68. The average Bonchev–Trinajstić information content (AvgIpc) is 2.76. The van der Waals surface area contributed by atoms with Crippen LogP contribution in [-0.4, -0.2) is 41.0 Å². The Morgan fingerprint density at radius 1 is 1.61 bits per heavy atom. The fourth-order valence-corrected chi connectivity index (χ4v) is 2.04. The van der Waals surface area contributed by atoms with E-state index in [4.69, 9.17) is 10.5 Å². The molecule has 0 aromatic carbocycles. The highest BCUT2D eigenvalue weighted by molar-refractivity contribution is 5.86. The van der Waals surface area contributed by atoms with Crippen LogP contribution in [0.4, 0.5) is 0 Å². The average molecular weight is 252 g/mol. The number of carbonyl (C=O) groups is 1. The largest absolute Gasteiger partial charge is 0.381 e. The SMILES string of the molecule is Cn1ccc(CCNC(=O)C2(N)CCOCC2)n1. The van der Waals surface area contributed by atoms with E-state index in [1.807, 2.05) is 19.3 Å². The Hall–Kier alpha value is -1.40. The zero-order valence-corrected chi connectivity index (χ0v) is 10.7. The van der Waals surface area contributed by atoms with E-state index in [1.54, 1.807) is 4.68 Å². The smallest absolute Gasteiger partial charge is 0.240 e. The van der Waals surface area contributed by atoms with Crippen molar-refractivity contribution in [2.45, 2.75) is 24.8 Å². The first-order valence-electron chi connectivity index (χ1n) is 6.24. The predicted octanol–water partition coefficient (Wildman–Crippen LogP) is -0.413. The van der Waals surface area contributed by atoms with Crippen LogP contribution in [-0.2, 0) is 23.0 Å². The van der Waals surface area contributed by atoms with E-state index < -0.39 is 5.54 Å². The van der Waals surface area contributed by atoms with Gasteiger partial charge in [0.2, 0.25) is 5.91 Å². The van der Waals surface area contributed by atoms with Crippen molar-refractivity contribution in [3.8, 4) is 0 Å². The topological polar surface area (TPSA) is 82.2 Å². The lowest BCUT2D eigenvalue weighted by Gasteiger charge is -2.31. The highest BCUT2D eigenvalue weighted by Crippen LogP contribution is 2.17. The molecule has 0 radical (unpaired) electrons. The number of amides is 1. The molecule has 0 bridgehead atoms. The maximum Gasteiger partial charge on any atom is 0.240 e. The van der Waals surface area contributed by atoms with Gasteiger partial charge in [0.15, 0.2) is 0 Å². The molecular weight excluding hydrogens is 232 g/mol. The van der Waals surface area contributed by atoms with Gasteiger partial charge < -0.3 is 15.8 Å². The summed E-state index contributed by atoms with van der Waals surface area (Å²) < 4.78 is 6.97. The third-order valence-electron chi connectivity index (χ3n) is 3.27. The van der Waals surface area contributed by atoms with E-state index in [9.17, 15) is 4.79 Å². The molecule has 3 N–H and O–H groups in total. The van der Waals surface area contributed by atoms with Crippen molar-refractivity contribution < 1.29 is 9.53 Å². The Labute approximate surface area is 106 Å². The van der Waals surface area contributed by atoms with Gasteiger partial charge in [-0.1, -0.05) is 0 Å². The third kappa shape index (κ3) is 3.08. The van der Waals surface area contributed by atoms with Crippen molar-refractivity contribution in [1.29, 1.82) is 0 Å². The van der Waals surface area contributed by atoms with E-state index in [0.717, 1.165) is 12.1 Å². The van der Waals surface area contributed by atoms with Crippen LogP contribution >= 0.6 is 0 Å². The number of nitrogens with one attached hydrogen (secondary N) is 1. The van der Waals surface area contributed by atoms with E-state index in [0.29, 0.717) is 32.6 Å². The summed E-state index contributed by atoms with van der Waals surface area (Å²) >= 11 is 0. The molecule has 1 aromatic heterocycles. The fourth-order valence-electron chi connectivity index (χ4n) is 2.04. The lowest BCUT2D eigenvalue weighted by molar-refractivity contribution is -0.129. The van der Waals surface area contributed by atoms with Crippen LogP contribution in [0.3, 0.4) is 0 Å². The normalized spacial score (nSPS) is 18.6. The Balaban J connectivity index is 1.77. The van der Waals surface area contributed by atoms with Crippen LogP contribution in [0.5, 0.6) is 0 Å². The highest BCUT2D eigenvalue weighted by Gasteiger charge is 2.35. The van der Waals surface area contributed by atoms with Crippen LogP contribution in [0.15, 0.2) is 12.3 Å². The van der Waals surface area contributed by atoms with Crippen LogP contribution in [0.1, 0.15) is 18.5 Å². The van der Waals surface area contributed by atoms with Crippen molar-refractivity contribution in [2.75, 3.05) is 19.8 Å². The summed E-state index contributed by atoms with van der Waals surface area (Å²) in [6.07, 6.45) is 3.78. The Morgan fingerprint density at radius 3 is 2.94 bits per heavy atom. The third-order valence-corrected chi connectivity index (χ3v) is 3.27. The number of carbonyl (C=O) groups excluding carboxylic acids is 1. The van der Waals surface area contributed by atoms with Gasteiger partial charge in [0.25, 0.3) is 0 Å². The number of ether oxygens (including phenoxy) is 1. The molecule has 1 saturated heterocycles. The predicted molar refractivity (Wildman–Crippen MR) is 66.9 cm³/mol. The van der Waals surface area contributed by atoms with Gasteiger partial charge in [0.05, 0.1) is 11.2 Å². The first-order chi connectivity index (χ1) is 8.60. The van der Waals surface area contributed by atoms with Crippen molar-refractivity contribution >= 4 is 5.91 Å². The van der Waals surface area contributed by atoms with Gasteiger partial charge in [-0.2, -0.15) is 5.10 Å². The molecule has 1 aliphatic rings. The number of rotatable bonds is 4. The van der Waals surface area contributed by atoms with Crippen molar-refractivity contribution in [3.05, 3.63) is 18.0 Å². The summed E-state index contributed by atoms with van der Waals surface area (Å²) in [5.41, 5.74) is 6.28. The van der Waals surface area contributed by atoms with Crippen molar-refractivity contribution in [1.82, 2.24) is 15.1 Å². The Bertz CT molecular complexity index is 410. The second-order valence-corrected chi connectivity index (χ2v) is 4.76. The first-order valence-corrected chi connectivity index (χ1v) is 6.24. The molecule has 100 valence electrons. The monoisotopic (exact) mass is 252 g/mol. The molecular formula is C12H20N4O2. The fraction of sp³-hybridized carbons (Fsp3) is 0.667. The van der Waals surface area contributed by atoms with E-state index in [2.05, 4.69) is 10.4 Å². The van der Waals surface area contributed by atoms with Gasteiger partial charge in [-0.3, -0.25) is 9.48 Å². The molecule has 0 saturated carbocycles. The van der Waals surface area contributed by atoms with Gasteiger partial charge in [0.1, 0.15) is 0 Å². The standard InChI is InChI=1S/C12H20N4O2/c1-16-7-3-10(15-16)2-6-14-11(17)12(13)4-8-18-9-5-12/h3,7H,2,4-6,8-9,13H2,1H3,(H,14,17). The minimum atomic E-state index is -0.762. The molecule has 2 rings (SSSR count). The molecule has 1 aromatic rings. The molecule has 1 fully saturated rings. The van der Waals surface area contributed by atoms with Crippen LogP contribution in [0, 0.1) is 0 Å².